The van der Waals surface area contributed by atoms with Crippen molar-refractivity contribution < 1.29 is 9.90 Å². The summed E-state index contributed by atoms with van der Waals surface area (Å²) in [6, 6.07) is 7.51. The average molecular weight is 191 g/mol. The molecule has 0 unspecified atom stereocenters. The number of carbonyl (C=O) groups is 1. The van der Waals surface area contributed by atoms with Gasteiger partial charge in [0.05, 0.1) is 5.56 Å². The molecule has 74 valence electrons. The number of nitrogens with one attached hydrogen (secondary N) is 1. The Kier molecular flexibility index (Phi) is 2.50. The third-order valence-electron chi connectivity index (χ3n) is 2.60. The molecule has 0 aliphatic carbocycles. The molecule has 0 radical (unpaired) electrons. The molecule has 0 amide bonds. The molecule has 0 saturated carbocycles. The zero-order valence-corrected chi connectivity index (χ0v) is 7.86. The maximum atomic E-state index is 10.7. The first-order valence-corrected chi connectivity index (χ1v) is 4.84. The van der Waals surface area contributed by atoms with Crippen LogP contribution in [0.4, 0.5) is 0 Å². The predicted molar refractivity (Wildman–Crippen MR) is 53.4 cm³/mol. The molecular formula is C11H13NO2. The Morgan fingerprint density at radius 2 is 2.36 bits per heavy atom. The second-order valence-corrected chi connectivity index (χ2v) is 3.58. The Morgan fingerprint density at radius 3 is 3.00 bits per heavy atom. The van der Waals surface area contributed by atoms with Crippen molar-refractivity contribution in [3.05, 3.63) is 35.4 Å². The lowest BCUT2D eigenvalue weighted by atomic mass is 10.0. The molecule has 1 fully saturated rings. The highest BCUT2D eigenvalue weighted by molar-refractivity contribution is 5.87. The van der Waals surface area contributed by atoms with Gasteiger partial charge in [0.25, 0.3) is 0 Å². The molecule has 0 spiro atoms. The lowest BCUT2D eigenvalue weighted by Crippen LogP contribution is -2.13. The van der Waals surface area contributed by atoms with Gasteiger partial charge in [-0.3, -0.25) is 0 Å². The molecule has 3 heteroatoms. The molecule has 3 nitrogen and oxygen atoms in total. The van der Waals surface area contributed by atoms with Crippen molar-refractivity contribution in [3.63, 3.8) is 0 Å². The number of carboxylic acid groups (broad SMARTS) is 1. The summed E-state index contributed by atoms with van der Waals surface area (Å²) in [5, 5.41) is 12.2. The number of rotatable bonds is 2. The quantitative estimate of drug-likeness (QED) is 0.749. The van der Waals surface area contributed by atoms with E-state index in [0.29, 0.717) is 11.6 Å². The minimum Gasteiger partial charge on any atom is -0.478 e. The first kappa shape index (κ1) is 9.21. The monoisotopic (exact) mass is 191 g/mol. The molecule has 1 saturated heterocycles. The van der Waals surface area contributed by atoms with E-state index in [1.165, 1.54) is 6.42 Å². The molecule has 1 aliphatic heterocycles. The Bertz CT molecular complexity index is 343. The summed E-state index contributed by atoms with van der Waals surface area (Å²) in [6.07, 6.45) is 2.27. The maximum absolute atomic E-state index is 10.7. The topological polar surface area (TPSA) is 49.3 Å². The van der Waals surface area contributed by atoms with Crippen molar-refractivity contribution in [3.8, 4) is 0 Å². The summed E-state index contributed by atoms with van der Waals surface area (Å²) in [4.78, 5) is 10.7. The van der Waals surface area contributed by atoms with E-state index < -0.39 is 5.97 Å². The van der Waals surface area contributed by atoms with Crippen LogP contribution < -0.4 is 5.32 Å². The van der Waals surface area contributed by atoms with Crippen LogP contribution in [0.15, 0.2) is 24.3 Å². The first-order chi connectivity index (χ1) is 6.77. The standard InChI is InChI=1S/C11H13NO2/c13-11(14)9-4-1-3-8(7-9)10-5-2-6-12-10/h1,3-4,7,10,12H,2,5-6H2,(H,13,14)/t10-/m0/s1. The molecule has 1 heterocycles. The van der Waals surface area contributed by atoms with Crippen LogP contribution in [0.25, 0.3) is 0 Å². The van der Waals surface area contributed by atoms with Crippen molar-refractivity contribution in [2.75, 3.05) is 6.54 Å². The van der Waals surface area contributed by atoms with Gasteiger partial charge in [0.15, 0.2) is 0 Å². The predicted octanol–water partition coefficient (Wildman–Crippen LogP) is 1.81. The summed E-state index contributed by atoms with van der Waals surface area (Å²) in [6.45, 7) is 1.03. The third kappa shape index (κ3) is 1.77. The second kappa shape index (κ2) is 3.80. The van der Waals surface area contributed by atoms with Gasteiger partial charge >= 0.3 is 5.97 Å². The molecule has 1 aliphatic rings. The minimum atomic E-state index is -0.857. The van der Waals surface area contributed by atoms with E-state index in [9.17, 15) is 4.79 Å². The molecule has 2 rings (SSSR count). The molecule has 1 aromatic rings. The Hall–Kier alpha value is -1.35. The fourth-order valence-corrected chi connectivity index (χ4v) is 1.86. The van der Waals surface area contributed by atoms with E-state index in [1.54, 1.807) is 18.2 Å². The molecule has 1 aromatic carbocycles. The van der Waals surface area contributed by atoms with E-state index in [2.05, 4.69) is 5.32 Å². The fourth-order valence-electron chi connectivity index (χ4n) is 1.86. The second-order valence-electron chi connectivity index (χ2n) is 3.58. The highest BCUT2D eigenvalue weighted by Gasteiger charge is 2.16. The van der Waals surface area contributed by atoms with Gasteiger partial charge in [-0.25, -0.2) is 4.79 Å². The van der Waals surface area contributed by atoms with E-state index in [-0.39, 0.29) is 0 Å². The van der Waals surface area contributed by atoms with Gasteiger partial charge in [0, 0.05) is 6.04 Å². The van der Waals surface area contributed by atoms with Crippen LogP contribution in [-0.2, 0) is 0 Å². The Labute approximate surface area is 82.8 Å². The SMILES string of the molecule is O=C(O)c1cccc([C@@H]2CCCN2)c1. The van der Waals surface area contributed by atoms with Crippen LogP contribution in [0.3, 0.4) is 0 Å². The van der Waals surface area contributed by atoms with Gasteiger partial charge in [-0.15, -0.1) is 0 Å². The van der Waals surface area contributed by atoms with Gasteiger partial charge in [0.1, 0.15) is 0 Å². The van der Waals surface area contributed by atoms with Gasteiger partial charge in [0.2, 0.25) is 0 Å². The van der Waals surface area contributed by atoms with E-state index in [4.69, 9.17) is 5.11 Å². The molecule has 0 bridgehead atoms. The lowest BCUT2D eigenvalue weighted by Gasteiger charge is -2.10. The number of hydrogen-bond acceptors (Lipinski definition) is 2. The van der Waals surface area contributed by atoms with Crippen molar-refractivity contribution in [2.45, 2.75) is 18.9 Å². The smallest absolute Gasteiger partial charge is 0.335 e. The van der Waals surface area contributed by atoms with E-state index >= 15 is 0 Å². The van der Waals surface area contributed by atoms with Crippen LogP contribution in [0, 0.1) is 0 Å². The number of hydrogen-bond donors (Lipinski definition) is 2. The molecule has 1 atom stereocenters. The van der Waals surface area contributed by atoms with Gasteiger partial charge in [-0.1, -0.05) is 12.1 Å². The van der Waals surface area contributed by atoms with Crippen molar-refractivity contribution in [1.29, 1.82) is 0 Å². The third-order valence-corrected chi connectivity index (χ3v) is 2.60. The molecule has 2 N–H and O–H groups in total. The summed E-state index contributed by atoms with van der Waals surface area (Å²) in [5.41, 5.74) is 1.46. The number of carboxylic acids is 1. The Morgan fingerprint density at radius 1 is 1.50 bits per heavy atom. The maximum Gasteiger partial charge on any atom is 0.335 e. The van der Waals surface area contributed by atoms with Crippen molar-refractivity contribution >= 4 is 5.97 Å². The normalized spacial score (nSPS) is 21.0. The summed E-state index contributed by atoms with van der Waals surface area (Å²) >= 11 is 0. The zero-order chi connectivity index (χ0) is 9.97. The van der Waals surface area contributed by atoms with Crippen LogP contribution in [0.5, 0.6) is 0 Å². The van der Waals surface area contributed by atoms with Gasteiger partial charge in [-0.2, -0.15) is 0 Å². The van der Waals surface area contributed by atoms with Crippen LogP contribution in [-0.4, -0.2) is 17.6 Å². The van der Waals surface area contributed by atoms with Crippen molar-refractivity contribution in [1.82, 2.24) is 5.32 Å². The Balaban J connectivity index is 2.25. The molecule has 0 aromatic heterocycles. The van der Waals surface area contributed by atoms with Crippen molar-refractivity contribution in [2.24, 2.45) is 0 Å². The summed E-state index contributed by atoms with van der Waals surface area (Å²) in [5.74, 6) is -0.857. The highest BCUT2D eigenvalue weighted by atomic mass is 16.4. The zero-order valence-electron chi connectivity index (χ0n) is 7.86. The van der Waals surface area contributed by atoms with Crippen LogP contribution in [0.1, 0.15) is 34.8 Å². The van der Waals surface area contributed by atoms with Gasteiger partial charge in [-0.05, 0) is 37.1 Å². The summed E-state index contributed by atoms with van der Waals surface area (Å²) in [7, 11) is 0. The van der Waals surface area contributed by atoms with Crippen LogP contribution in [0.2, 0.25) is 0 Å². The van der Waals surface area contributed by atoms with E-state index in [0.717, 1.165) is 18.5 Å². The number of aromatic carboxylic acids is 1. The van der Waals surface area contributed by atoms with E-state index in [1.807, 2.05) is 6.07 Å². The van der Waals surface area contributed by atoms with Gasteiger partial charge < -0.3 is 10.4 Å². The summed E-state index contributed by atoms with van der Waals surface area (Å²) < 4.78 is 0. The minimum absolute atomic E-state index is 0.342. The average Bonchev–Trinajstić information content (AvgIpc) is 2.71. The number of benzene rings is 1. The molecular weight excluding hydrogens is 178 g/mol. The largest absolute Gasteiger partial charge is 0.478 e. The molecule has 14 heavy (non-hydrogen) atoms. The lowest BCUT2D eigenvalue weighted by molar-refractivity contribution is 0.0696. The first-order valence-electron chi connectivity index (χ1n) is 4.84. The van der Waals surface area contributed by atoms with Crippen LogP contribution >= 0.6 is 0 Å². The highest BCUT2D eigenvalue weighted by Crippen LogP contribution is 2.23. The fraction of sp³-hybridized carbons (Fsp3) is 0.364.